The Hall–Kier alpha value is -0.900. The fraction of sp³-hybridized carbons (Fsp3) is 0.500. The van der Waals surface area contributed by atoms with E-state index in [2.05, 4.69) is 16.9 Å². The Morgan fingerprint density at radius 2 is 2.14 bits per heavy atom. The molecule has 2 aliphatic rings. The molecule has 14 heavy (non-hydrogen) atoms. The molecule has 0 bridgehead atoms. The van der Waals surface area contributed by atoms with Crippen LogP contribution >= 0.6 is 11.8 Å². The van der Waals surface area contributed by atoms with Crippen molar-refractivity contribution in [1.82, 2.24) is 0 Å². The summed E-state index contributed by atoms with van der Waals surface area (Å²) in [4.78, 5) is 21.1. The van der Waals surface area contributed by atoms with Crippen molar-refractivity contribution in [2.24, 2.45) is 15.9 Å². The quantitative estimate of drug-likeness (QED) is 0.699. The number of carbonyl (C=O) groups is 1. The average molecular weight is 208 g/mol. The molecule has 0 fully saturated rings. The number of rotatable bonds is 2. The number of allylic oxidation sites excluding steroid dienone is 1. The first-order valence-electron chi connectivity index (χ1n) is 4.83. The highest BCUT2D eigenvalue weighted by molar-refractivity contribution is 8.17. The molecule has 0 radical (unpaired) electrons. The molecular weight excluding hydrogens is 196 g/mol. The Labute approximate surface area is 87.4 Å². The van der Waals surface area contributed by atoms with Crippen LogP contribution in [0.25, 0.3) is 0 Å². The fourth-order valence-corrected chi connectivity index (χ4v) is 2.52. The minimum atomic E-state index is -0.176. The first-order valence-corrected chi connectivity index (χ1v) is 5.64. The van der Waals surface area contributed by atoms with Crippen molar-refractivity contribution >= 4 is 28.5 Å². The molecule has 3 nitrogen and oxygen atoms in total. The van der Waals surface area contributed by atoms with Gasteiger partial charge in [-0.1, -0.05) is 31.7 Å². The van der Waals surface area contributed by atoms with E-state index < -0.39 is 0 Å². The van der Waals surface area contributed by atoms with Crippen LogP contribution in [0.15, 0.2) is 21.0 Å². The normalized spacial score (nSPS) is 25.4. The van der Waals surface area contributed by atoms with E-state index in [9.17, 15) is 4.79 Å². The number of thioether (sulfide) groups is 1. The minimum absolute atomic E-state index is 0.0530. The number of amidine groups is 1. The summed E-state index contributed by atoms with van der Waals surface area (Å²) in [6.07, 6.45) is 3.68. The number of carbonyl (C=O) groups excluding carboxylic acids is 1. The first-order chi connectivity index (χ1) is 6.74. The summed E-state index contributed by atoms with van der Waals surface area (Å²) in [5.74, 6) is 0.438. The Bertz CT molecular complexity index is 368. The van der Waals surface area contributed by atoms with Crippen LogP contribution in [0.3, 0.4) is 0 Å². The molecule has 1 amide bonds. The first kappa shape index (κ1) is 9.65. The van der Waals surface area contributed by atoms with Crippen LogP contribution in [-0.2, 0) is 4.79 Å². The standard InChI is InChI=1S/C10H12N2OS/c1-3-6-5-7-9(13)11-8(4-2)12-10(7)14-6/h5,7H,3-4H2,1-2H3. The van der Waals surface area contributed by atoms with E-state index in [1.807, 2.05) is 13.0 Å². The lowest BCUT2D eigenvalue weighted by Crippen LogP contribution is -2.22. The predicted octanol–water partition coefficient (Wildman–Crippen LogP) is 2.39. The maximum Gasteiger partial charge on any atom is 0.261 e. The molecule has 0 aliphatic carbocycles. The van der Waals surface area contributed by atoms with Gasteiger partial charge < -0.3 is 0 Å². The van der Waals surface area contributed by atoms with Gasteiger partial charge in [-0.2, -0.15) is 4.99 Å². The lowest BCUT2D eigenvalue weighted by Gasteiger charge is -2.11. The molecule has 0 spiro atoms. The van der Waals surface area contributed by atoms with Crippen LogP contribution in [0, 0.1) is 5.92 Å². The van der Waals surface area contributed by atoms with E-state index in [0.29, 0.717) is 5.84 Å². The van der Waals surface area contributed by atoms with Gasteiger partial charge in [-0.05, 0) is 11.3 Å². The van der Waals surface area contributed by atoms with E-state index in [1.54, 1.807) is 11.8 Å². The predicted molar refractivity (Wildman–Crippen MR) is 59.6 cm³/mol. The van der Waals surface area contributed by atoms with Crippen LogP contribution in [0.2, 0.25) is 0 Å². The van der Waals surface area contributed by atoms with Gasteiger partial charge in [0.15, 0.2) is 0 Å². The molecular formula is C10H12N2OS. The van der Waals surface area contributed by atoms with Gasteiger partial charge in [0.25, 0.3) is 5.91 Å². The molecule has 4 heteroatoms. The number of hydrogen-bond acceptors (Lipinski definition) is 3. The lowest BCUT2D eigenvalue weighted by atomic mass is 10.1. The second kappa shape index (κ2) is 3.69. The van der Waals surface area contributed by atoms with Gasteiger partial charge >= 0.3 is 0 Å². The van der Waals surface area contributed by atoms with Crippen LogP contribution in [0.4, 0.5) is 0 Å². The second-order valence-corrected chi connectivity index (χ2v) is 4.38. The molecule has 1 unspecified atom stereocenters. The van der Waals surface area contributed by atoms with Crippen LogP contribution < -0.4 is 0 Å². The van der Waals surface area contributed by atoms with Crippen molar-refractivity contribution in [3.63, 3.8) is 0 Å². The Kier molecular flexibility index (Phi) is 2.54. The minimum Gasteiger partial charge on any atom is -0.271 e. The van der Waals surface area contributed by atoms with Crippen molar-refractivity contribution in [2.75, 3.05) is 0 Å². The highest BCUT2D eigenvalue weighted by Crippen LogP contribution is 2.36. The molecule has 0 aromatic carbocycles. The van der Waals surface area contributed by atoms with Crippen molar-refractivity contribution < 1.29 is 4.79 Å². The Morgan fingerprint density at radius 1 is 1.36 bits per heavy atom. The summed E-state index contributed by atoms with van der Waals surface area (Å²) < 4.78 is 0. The van der Waals surface area contributed by atoms with E-state index >= 15 is 0 Å². The molecule has 2 aliphatic heterocycles. The van der Waals surface area contributed by atoms with Crippen molar-refractivity contribution in [3.05, 3.63) is 11.0 Å². The number of fused-ring (bicyclic) bond motifs is 1. The lowest BCUT2D eigenvalue weighted by molar-refractivity contribution is -0.118. The van der Waals surface area contributed by atoms with Crippen LogP contribution in [0.1, 0.15) is 26.7 Å². The second-order valence-electron chi connectivity index (χ2n) is 3.24. The number of amides is 1. The average Bonchev–Trinajstić information content (AvgIpc) is 2.61. The summed E-state index contributed by atoms with van der Waals surface area (Å²) in [7, 11) is 0. The third kappa shape index (κ3) is 1.54. The van der Waals surface area contributed by atoms with E-state index in [4.69, 9.17) is 0 Å². The van der Waals surface area contributed by atoms with Gasteiger partial charge in [0.05, 0.1) is 5.04 Å². The SMILES string of the molecule is CCC1=CC2C(=O)N=C(CC)N=C2S1. The Balaban J connectivity index is 2.28. The number of hydrogen-bond donors (Lipinski definition) is 0. The highest BCUT2D eigenvalue weighted by atomic mass is 32.2. The zero-order valence-corrected chi connectivity index (χ0v) is 9.10. The zero-order chi connectivity index (χ0) is 10.1. The third-order valence-corrected chi connectivity index (χ3v) is 3.50. The molecule has 2 rings (SSSR count). The maximum absolute atomic E-state index is 11.6. The summed E-state index contributed by atoms with van der Waals surface area (Å²) in [6.45, 7) is 4.05. The van der Waals surface area contributed by atoms with Crippen LogP contribution in [0.5, 0.6) is 0 Å². The van der Waals surface area contributed by atoms with Gasteiger partial charge in [0, 0.05) is 6.42 Å². The number of nitrogens with zero attached hydrogens (tertiary/aromatic N) is 2. The van der Waals surface area contributed by atoms with Crippen molar-refractivity contribution in [3.8, 4) is 0 Å². The molecule has 1 atom stereocenters. The summed E-state index contributed by atoms with van der Waals surface area (Å²) >= 11 is 1.63. The van der Waals surface area contributed by atoms with Gasteiger partial charge in [-0.15, -0.1) is 0 Å². The Morgan fingerprint density at radius 3 is 2.79 bits per heavy atom. The number of aliphatic imine (C=N–C) groups is 2. The topological polar surface area (TPSA) is 41.8 Å². The summed E-state index contributed by atoms with van der Waals surface area (Å²) in [6, 6.07) is 0. The van der Waals surface area contributed by atoms with E-state index in [1.165, 1.54) is 4.91 Å². The van der Waals surface area contributed by atoms with Crippen molar-refractivity contribution in [1.29, 1.82) is 0 Å². The van der Waals surface area contributed by atoms with Gasteiger partial charge in [0.1, 0.15) is 11.8 Å². The maximum atomic E-state index is 11.6. The molecule has 0 N–H and O–H groups in total. The molecule has 0 aromatic heterocycles. The molecule has 0 saturated carbocycles. The van der Waals surface area contributed by atoms with Gasteiger partial charge in [0.2, 0.25) is 0 Å². The largest absolute Gasteiger partial charge is 0.271 e. The summed E-state index contributed by atoms with van der Waals surface area (Å²) in [5.41, 5.74) is 0. The smallest absolute Gasteiger partial charge is 0.261 e. The molecule has 0 aromatic rings. The van der Waals surface area contributed by atoms with Crippen molar-refractivity contribution in [2.45, 2.75) is 26.7 Å². The van der Waals surface area contributed by atoms with E-state index in [-0.39, 0.29) is 11.8 Å². The highest BCUT2D eigenvalue weighted by Gasteiger charge is 2.32. The third-order valence-electron chi connectivity index (χ3n) is 2.26. The fourth-order valence-electron chi connectivity index (χ4n) is 1.46. The molecule has 0 saturated heterocycles. The monoisotopic (exact) mass is 208 g/mol. The zero-order valence-electron chi connectivity index (χ0n) is 8.28. The molecule has 2 heterocycles. The van der Waals surface area contributed by atoms with Crippen LogP contribution in [-0.4, -0.2) is 16.8 Å². The van der Waals surface area contributed by atoms with Gasteiger partial charge in [-0.3, -0.25) is 4.79 Å². The summed E-state index contributed by atoms with van der Waals surface area (Å²) in [5, 5.41) is 0.915. The molecule has 74 valence electrons. The van der Waals surface area contributed by atoms with Gasteiger partial charge in [-0.25, -0.2) is 4.99 Å². The van der Waals surface area contributed by atoms with E-state index in [0.717, 1.165) is 17.9 Å².